The van der Waals surface area contributed by atoms with E-state index in [1.54, 1.807) is 20.8 Å². The highest BCUT2D eigenvalue weighted by Gasteiger charge is 2.49. The van der Waals surface area contributed by atoms with E-state index in [1.807, 2.05) is 13.8 Å². The first-order valence-electron chi connectivity index (χ1n) is 8.36. The zero-order chi connectivity index (χ0) is 19.9. The zero-order valence-corrected chi connectivity index (χ0v) is 16.0. The summed E-state index contributed by atoms with van der Waals surface area (Å²) in [6, 6.07) is 1.40. The molecule has 1 aromatic rings. The lowest BCUT2D eigenvalue weighted by Crippen LogP contribution is -2.36. The van der Waals surface area contributed by atoms with E-state index in [0.29, 0.717) is 0 Å². The van der Waals surface area contributed by atoms with Crippen LogP contribution < -0.4 is 4.74 Å². The Balaban J connectivity index is 0.00000277. The summed E-state index contributed by atoms with van der Waals surface area (Å²) in [7, 11) is 0. The van der Waals surface area contributed by atoms with Crippen LogP contribution in [-0.4, -0.2) is 34.3 Å². The second-order valence-corrected chi connectivity index (χ2v) is 6.59. The minimum atomic E-state index is -4.29. The number of carbonyl (C=O) groups excluding carboxylic acids is 1. The van der Waals surface area contributed by atoms with Gasteiger partial charge >= 0.3 is 12.3 Å². The highest BCUT2D eigenvalue weighted by molar-refractivity contribution is 5.69. The number of hydrogen-bond donors (Lipinski definition) is 0. The molecule has 0 spiro atoms. The summed E-state index contributed by atoms with van der Waals surface area (Å²) in [6.07, 6.45) is -3.85. The van der Waals surface area contributed by atoms with E-state index in [4.69, 9.17) is 9.47 Å². The Hall–Kier alpha value is -1.73. The fourth-order valence-corrected chi connectivity index (χ4v) is 1.69. The van der Waals surface area contributed by atoms with E-state index < -0.39 is 23.3 Å². The van der Waals surface area contributed by atoms with Gasteiger partial charge in [-0.15, -0.1) is 5.10 Å². The molecule has 1 rings (SSSR count). The summed E-state index contributed by atoms with van der Waals surface area (Å²) in [5.74, 6) is 0.0801. The first kappa shape index (κ1) is 23.3. The number of nitrogens with zero attached hydrogens (tertiary/aromatic N) is 2. The number of aromatic nitrogens is 2. The molecule has 0 aliphatic carbocycles. The average Bonchev–Trinajstić information content (AvgIpc) is 2.95. The van der Waals surface area contributed by atoms with Crippen LogP contribution in [0.3, 0.4) is 0 Å². The third kappa shape index (κ3) is 7.36. The molecule has 1 heterocycles. The summed E-state index contributed by atoms with van der Waals surface area (Å²) in [6.45, 7) is 11.7. The lowest BCUT2D eigenvalue weighted by Gasteiger charge is -2.30. The number of ether oxygens (including phenoxy) is 2. The van der Waals surface area contributed by atoms with E-state index in [0.717, 1.165) is 11.6 Å². The standard InChI is InChI=1S/C15H23F3N2O3.C2H6/c1-6-14(5,15(16,17)18)8-10-22-11-7-9-20(19-11)12(21)23-13(2,3)4;1-2/h7,9H,6,8,10H2,1-5H3;1-2H3. The van der Waals surface area contributed by atoms with E-state index in [2.05, 4.69) is 5.10 Å². The van der Waals surface area contributed by atoms with Gasteiger partial charge in [0.05, 0.1) is 12.0 Å². The molecule has 146 valence electrons. The van der Waals surface area contributed by atoms with Gasteiger partial charge in [-0.1, -0.05) is 27.7 Å². The smallest absolute Gasteiger partial charge is 0.435 e. The number of halogens is 3. The highest BCUT2D eigenvalue weighted by Crippen LogP contribution is 2.43. The zero-order valence-electron chi connectivity index (χ0n) is 16.0. The fraction of sp³-hybridized carbons (Fsp3) is 0.765. The monoisotopic (exact) mass is 366 g/mol. The second-order valence-electron chi connectivity index (χ2n) is 6.59. The Labute approximate surface area is 147 Å². The molecular formula is C17H29F3N2O3. The van der Waals surface area contributed by atoms with Crippen molar-refractivity contribution in [1.82, 2.24) is 9.78 Å². The van der Waals surface area contributed by atoms with Crippen LogP contribution in [0.25, 0.3) is 0 Å². The average molecular weight is 366 g/mol. The van der Waals surface area contributed by atoms with Gasteiger partial charge in [-0.25, -0.2) is 4.79 Å². The van der Waals surface area contributed by atoms with Crippen molar-refractivity contribution in [3.05, 3.63) is 12.3 Å². The van der Waals surface area contributed by atoms with Gasteiger partial charge in [-0.05, 0) is 33.6 Å². The molecular weight excluding hydrogens is 337 g/mol. The van der Waals surface area contributed by atoms with E-state index in [9.17, 15) is 18.0 Å². The Bertz CT molecular complexity index is 536. The van der Waals surface area contributed by atoms with Crippen LogP contribution in [0.2, 0.25) is 0 Å². The lowest BCUT2D eigenvalue weighted by molar-refractivity contribution is -0.223. The predicted octanol–water partition coefficient (Wildman–Crippen LogP) is 5.44. The third-order valence-corrected chi connectivity index (χ3v) is 3.51. The molecule has 0 fully saturated rings. The summed E-state index contributed by atoms with van der Waals surface area (Å²) in [4.78, 5) is 11.8. The van der Waals surface area contributed by atoms with Gasteiger partial charge in [0.2, 0.25) is 5.88 Å². The van der Waals surface area contributed by atoms with Crippen molar-refractivity contribution in [3.63, 3.8) is 0 Å². The van der Waals surface area contributed by atoms with Gasteiger partial charge in [-0.3, -0.25) is 0 Å². The van der Waals surface area contributed by atoms with E-state index in [-0.39, 0.29) is 25.3 Å². The van der Waals surface area contributed by atoms with Crippen LogP contribution in [0.1, 0.15) is 61.3 Å². The first-order chi connectivity index (χ1) is 11.4. The highest BCUT2D eigenvalue weighted by atomic mass is 19.4. The maximum absolute atomic E-state index is 13.0. The first-order valence-corrected chi connectivity index (χ1v) is 8.36. The second kappa shape index (κ2) is 9.10. The molecule has 0 aromatic carbocycles. The quantitative estimate of drug-likeness (QED) is 0.696. The molecule has 0 bridgehead atoms. The van der Waals surface area contributed by atoms with Crippen molar-refractivity contribution in [2.24, 2.45) is 5.41 Å². The van der Waals surface area contributed by atoms with Crippen LogP contribution in [0.4, 0.5) is 18.0 Å². The fourth-order valence-electron chi connectivity index (χ4n) is 1.69. The molecule has 0 N–H and O–H groups in total. The molecule has 0 aliphatic heterocycles. The summed E-state index contributed by atoms with van der Waals surface area (Å²) in [5, 5.41) is 3.84. The van der Waals surface area contributed by atoms with Crippen molar-refractivity contribution in [3.8, 4) is 5.88 Å². The van der Waals surface area contributed by atoms with E-state index >= 15 is 0 Å². The predicted molar refractivity (Wildman–Crippen MR) is 89.8 cm³/mol. The van der Waals surface area contributed by atoms with Gasteiger partial charge in [0.15, 0.2) is 0 Å². The van der Waals surface area contributed by atoms with Crippen molar-refractivity contribution in [2.75, 3.05) is 6.61 Å². The lowest BCUT2D eigenvalue weighted by atomic mass is 9.83. The molecule has 0 aliphatic rings. The Morgan fingerprint density at radius 1 is 1.20 bits per heavy atom. The van der Waals surface area contributed by atoms with Gasteiger partial charge in [0, 0.05) is 12.3 Å². The van der Waals surface area contributed by atoms with Crippen LogP contribution in [0.5, 0.6) is 5.88 Å². The van der Waals surface area contributed by atoms with Crippen LogP contribution in [0.15, 0.2) is 12.3 Å². The number of alkyl halides is 3. The molecule has 0 radical (unpaired) electrons. The summed E-state index contributed by atoms with van der Waals surface area (Å²) < 4.78 is 50.2. The molecule has 1 atom stereocenters. The topological polar surface area (TPSA) is 53.4 Å². The summed E-state index contributed by atoms with van der Waals surface area (Å²) in [5.41, 5.74) is -2.47. The maximum Gasteiger partial charge on any atom is 0.435 e. The van der Waals surface area contributed by atoms with Crippen LogP contribution in [0, 0.1) is 5.41 Å². The van der Waals surface area contributed by atoms with Crippen molar-refractivity contribution >= 4 is 6.09 Å². The Morgan fingerprint density at radius 3 is 2.20 bits per heavy atom. The minimum Gasteiger partial charge on any atom is -0.477 e. The number of rotatable bonds is 5. The SMILES string of the molecule is CC.CCC(C)(CCOc1ccn(C(=O)OC(C)(C)C)n1)C(F)(F)F. The number of hydrogen-bond acceptors (Lipinski definition) is 4. The molecule has 8 heteroatoms. The third-order valence-electron chi connectivity index (χ3n) is 3.51. The van der Waals surface area contributed by atoms with Crippen molar-refractivity contribution < 1.29 is 27.4 Å². The molecule has 5 nitrogen and oxygen atoms in total. The Morgan fingerprint density at radius 2 is 1.76 bits per heavy atom. The Kier molecular flexibility index (Phi) is 8.47. The molecule has 1 aromatic heterocycles. The molecule has 25 heavy (non-hydrogen) atoms. The normalized spacial score (nSPS) is 14.2. The summed E-state index contributed by atoms with van der Waals surface area (Å²) >= 11 is 0. The van der Waals surface area contributed by atoms with Gasteiger partial charge in [0.25, 0.3) is 0 Å². The van der Waals surface area contributed by atoms with Crippen molar-refractivity contribution in [1.29, 1.82) is 0 Å². The molecule has 0 saturated carbocycles. The molecule has 0 saturated heterocycles. The van der Waals surface area contributed by atoms with Crippen LogP contribution >= 0.6 is 0 Å². The minimum absolute atomic E-state index is 0.0355. The molecule has 1 unspecified atom stereocenters. The van der Waals surface area contributed by atoms with Gasteiger partial charge in [0.1, 0.15) is 5.60 Å². The van der Waals surface area contributed by atoms with Crippen LogP contribution in [-0.2, 0) is 4.74 Å². The van der Waals surface area contributed by atoms with E-state index in [1.165, 1.54) is 19.2 Å². The van der Waals surface area contributed by atoms with Gasteiger partial charge in [-0.2, -0.15) is 17.9 Å². The maximum atomic E-state index is 13.0. The molecule has 0 amide bonds. The van der Waals surface area contributed by atoms with Gasteiger partial charge < -0.3 is 9.47 Å². The number of carbonyl (C=O) groups is 1. The van der Waals surface area contributed by atoms with Crippen molar-refractivity contribution in [2.45, 2.75) is 73.1 Å². The largest absolute Gasteiger partial charge is 0.477 e.